The van der Waals surface area contributed by atoms with Crippen LogP contribution in [0.3, 0.4) is 0 Å². The van der Waals surface area contributed by atoms with E-state index in [1.807, 2.05) is 34.1 Å². The van der Waals surface area contributed by atoms with Crippen LogP contribution in [0.5, 0.6) is 0 Å². The first-order valence-corrected chi connectivity index (χ1v) is 19.0. The summed E-state index contributed by atoms with van der Waals surface area (Å²) in [6.45, 7) is 1.20. The molecule has 0 saturated carbocycles. The number of hydrogen-bond donors (Lipinski definition) is 0. The second-order valence-electron chi connectivity index (χ2n) is 13.8. The molecule has 0 radical (unpaired) electrons. The van der Waals surface area contributed by atoms with E-state index in [1.54, 1.807) is 0 Å². The molecule has 0 spiro atoms. The molecular weight excluding hydrogens is 685 g/mol. The number of hydrogen-bond acceptors (Lipinski definition) is 3. The average molecular weight is 725 g/mol. The van der Waals surface area contributed by atoms with E-state index >= 15 is 0 Å². The molecule has 1 heterocycles. The zero-order chi connectivity index (χ0) is 37.7. The van der Waals surface area contributed by atoms with Crippen molar-refractivity contribution in [2.45, 2.75) is 0 Å². The van der Waals surface area contributed by atoms with E-state index in [9.17, 15) is 4.79 Å². The van der Waals surface area contributed by atoms with Crippen LogP contribution in [-0.4, -0.2) is 19.1 Å². The molecule has 0 N–H and O–H groups in total. The first-order valence-electron chi connectivity index (χ1n) is 19.0. The zero-order valence-corrected chi connectivity index (χ0v) is 30.9. The summed E-state index contributed by atoms with van der Waals surface area (Å²) in [7, 11) is 0. The van der Waals surface area contributed by atoms with Crippen molar-refractivity contribution in [2.75, 3.05) is 32.7 Å². The highest BCUT2D eigenvalue weighted by atomic mass is 16.2. The molecule has 0 aromatic heterocycles. The smallest absolute Gasteiger partial charge is 0.310 e. The van der Waals surface area contributed by atoms with Crippen LogP contribution in [0.15, 0.2) is 218 Å². The topological polar surface area (TPSA) is 30.0 Å². The highest BCUT2D eigenvalue weighted by molar-refractivity contribution is 6.06. The quantitative estimate of drug-likeness (QED) is 0.141. The lowest BCUT2D eigenvalue weighted by molar-refractivity contribution is 0.256. The van der Waals surface area contributed by atoms with E-state index in [0.29, 0.717) is 13.1 Å². The monoisotopic (exact) mass is 724 g/mol. The number of urea groups is 1. The molecular formula is C51H40N4O. The van der Waals surface area contributed by atoms with Gasteiger partial charge in [0.05, 0.1) is 0 Å². The van der Waals surface area contributed by atoms with E-state index in [-0.39, 0.29) is 6.03 Å². The van der Waals surface area contributed by atoms with Gasteiger partial charge >= 0.3 is 6.03 Å². The molecule has 1 saturated heterocycles. The highest BCUT2D eigenvalue weighted by Crippen LogP contribution is 2.39. The van der Waals surface area contributed by atoms with E-state index in [4.69, 9.17) is 0 Å². The van der Waals surface area contributed by atoms with Crippen LogP contribution in [0.2, 0.25) is 0 Å². The molecule has 1 fully saturated rings. The van der Waals surface area contributed by atoms with Crippen LogP contribution < -0.4 is 19.6 Å². The second kappa shape index (κ2) is 15.5. The summed E-state index contributed by atoms with van der Waals surface area (Å²) < 4.78 is 0. The van der Waals surface area contributed by atoms with E-state index < -0.39 is 0 Å². The van der Waals surface area contributed by atoms with Crippen molar-refractivity contribution in [3.8, 4) is 22.3 Å². The molecule has 5 heteroatoms. The first-order chi connectivity index (χ1) is 27.7. The molecule has 0 bridgehead atoms. The number of nitrogens with zero attached hydrogens (tertiary/aromatic N) is 4. The summed E-state index contributed by atoms with van der Waals surface area (Å²) in [5, 5.41) is 0. The zero-order valence-electron chi connectivity index (χ0n) is 30.9. The number of rotatable bonds is 10. The maximum atomic E-state index is 14.0. The minimum absolute atomic E-state index is 0.0311. The van der Waals surface area contributed by atoms with Gasteiger partial charge in [-0.3, -0.25) is 9.80 Å². The molecule has 0 atom stereocenters. The lowest BCUT2D eigenvalue weighted by Crippen LogP contribution is -2.31. The Morgan fingerprint density at radius 1 is 0.304 bits per heavy atom. The van der Waals surface area contributed by atoms with Gasteiger partial charge in [0.2, 0.25) is 0 Å². The SMILES string of the molecule is O=C1N(c2ccc(N(c3ccccc3)c3cccc(-c4ccccc4)c3)cc2)CCN1c1ccc(N(c2ccccc2)c2cccc(-c3ccccc3)c2)cc1. The predicted molar refractivity (Wildman–Crippen MR) is 233 cm³/mol. The third-order valence-corrected chi connectivity index (χ3v) is 10.3. The minimum atomic E-state index is -0.0311. The predicted octanol–water partition coefficient (Wildman–Crippen LogP) is 13.4. The van der Waals surface area contributed by atoms with E-state index in [1.165, 1.54) is 11.1 Å². The fourth-order valence-electron chi connectivity index (χ4n) is 7.54. The normalized spacial score (nSPS) is 12.5. The molecule has 56 heavy (non-hydrogen) atoms. The lowest BCUT2D eigenvalue weighted by Gasteiger charge is -2.27. The van der Waals surface area contributed by atoms with Crippen molar-refractivity contribution < 1.29 is 4.79 Å². The number of benzene rings is 8. The number of para-hydroxylation sites is 2. The largest absolute Gasteiger partial charge is 0.329 e. The standard InChI is InChI=1S/C51H40N4O/c56-51-52(43-27-31-47(32-28-43)54(45-21-9-3-10-22-45)49-25-13-19-41(37-49)39-15-5-1-6-16-39)35-36-53(51)44-29-33-48(34-30-44)55(46-23-11-4-12-24-46)50-26-14-20-42(38-50)40-17-7-2-8-18-40/h1-34,37-38H,35-36H2. The Morgan fingerprint density at radius 3 is 0.982 bits per heavy atom. The molecule has 8 aromatic carbocycles. The lowest BCUT2D eigenvalue weighted by atomic mass is 10.0. The fourth-order valence-corrected chi connectivity index (χ4v) is 7.54. The Bertz CT molecular complexity index is 2360. The van der Waals surface area contributed by atoms with Crippen molar-refractivity contribution in [3.63, 3.8) is 0 Å². The van der Waals surface area contributed by atoms with Crippen LogP contribution in [0.4, 0.5) is 50.3 Å². The van der Waals surface area contributed by atoms with Crippen molar-refractivity contribution in [3.05, 3.63) is 218 Å². The Morgan fingerprint density at radius 2 is 0.607 bits per heavy atom. The number of anilines is 8. The Hall–Kier alpha value is -7.37. The molecule has 0 aliphatic carbocycles. The third-order valence-electron chi connectivity index (χ3n) is 10.3. The number of carbonyl (C=O) groups is 1. The molecule has 270 valence electrons. The minimum Gasteiger partial charge on any atom is -0.310 e. The van der Waals surface area contributed by atoms with Crippen LogP contribution in [0.1, 0.15) is 0 Å². The van der Waals surface area contributed by atoms with Crippen molar-refractivity contribution >= 4 is 51.5 Å². The van der Waals surface area contributed by atoms with E-state index in [0.717, 1.165) is 56.6 Å². The van der Waals surface area contributed by atoms with Gasteiger partial charge in [0.25, 0.3) is 0 Å². The molecule has 1 aliphatic heterocycles. The molecule has 1 aliphatic rings. The Kier molecular flexibility index (Phi) is 9.55. The third kappa shape index (κ3) is 7.02. The van der Waals surface area contributed by atoms with Gasteiger partial charge in [-0.1, -0.05) is 121 Å². The van der Waals surface area contributed by atoms with Gasteiger partial charge in [0.1, 0.15) is 0 Å². The highest BCUT2D eigenvalue weighted by Gasteiger charge is 2.31. The second-order valence-corrected chi connectivity index (χ2v) is 13.8. The van der Waals surface area contributed by atoms with Crippen molar-refractivity contribution in [2.24, 2.45) is 0 Å². The Labute approximate surface area is 328 Å². The van der Waals surface area contributed by atoms with Crippen molar-refractivity contribution in [1.29, 1.82) is 0 Å². The summed E-state index contributed by atoms with van der Waals surface area (Å²) in [6.07, 6.45) is 0. The van der Waals surface area contributed by atoms with Gasteiger partial charge in [0.15, 0.2) is 0 Å². The molecule has 9 rings (SSSR count). The molecule has 2 amide bonds. The van der Waals surface area contributed by atoms with Gasteiger partial charge < -0.3 is 9.80 Å². The Balaban J connectivity index is 0.962. The maximum absolute atomic E-state index is 14.0. The molecule has 8 aromatic rings. The van der Waals surface area contributed by atoms with Gasteiger partial charge in [0, 0.05) is 58.6 Å². The molecule has 5 nitrogen and oxygen atoms in total. The van der Waals surface area contributed by atoms with Gasteiger partial charge in [-0.25, -0.2) is 4.79 Å². The van der Waals surface area contributed by atoms with E-state index in [2.05, 4.69) is 204 Å². The van der Waals surface area contributed by atoms with Gasteiger partial charge in [-0.15, -0.1) is 0 Å². The summed E-state index contributed by atoms with van der Waals surface area (Å²) in [5.74, 6) is 0. The fraction of sp³-hybridized carbons (Fsp3) is 0.0392. The van der Waals surface area contributed by atoms with Crippen molar-refractivity contribution in [1.82, 2.24) is 0 Å². The van der Waals surface area contributed by atoms with Crippen LogP contribution in [-0.2, 0) is 0 Å². The number of amides is 2. The summed E-state index contributed by atoms with van der Waals surface area (Å²) in [5.41, 5.74) is 12.7. The van der Waals surface area contributed by atoms with Gasteiger partial charge in [-0.05, 0) is 119 Å². The maximum Gasteiger partial charge on any atom is 0.329 e. The van der Waals surface area contributed by atoms with Crippen LogP contribution >= 0.6 is 0 Å². The summed E-state index contributed by atoms with van der Waals surface area (Å²) in [6, 6.07) is 75.5. The molecule has 0 unspecified atom stereocenters. The first kappa shape index (κ1) is 34.4. The van der Waals surface area contributed by atoms with Crippen LogP contribution in [0.25, 0.3) is 22.3 Å². The summed E-state index contributed by atoms with van der Waals surface area (Å²) in [4.78, 5) is 22.3. The van der Waals surface area contributed by atoms with Crippen LogP contribution in [0, 0.1) is 0 Å². The number of carbonyl (C=O) groups excluding carboxylic acids is 1. The van der Waals surface area contributed by atoms with Gasteiger partial charge in [-0.2, -0.15) is 0 Å². The average Bonchev–Trinajstić information content (AvgIpc) is 3.66. The summed E-state index contributed by atoms with van der Waals surface area (Å²) >= 11 is 0.